The maximum atomic E-state index is 11.6. The summed E-state index contributed by atoms with van der Waals surface area (Å²) in [6, 6.07) is 3.26. The first kappa shape index (κ1) is 14.4. The minimum atomic E-state index is -0.238. The van der Waals surface area contributed by atoms with E-state index < -0.39 is 0 Å². The van der Waals surface area contributed by atoms with Crippen LogP contribution in [0.15, 0.2) is 18.3 Å². The summed E-state index contributed by atoms with van der Waals surface area (Å²) in [5.74, 6) is 0.280. The van der Waals surface area contributed by atoms with E-state index in [0.29, 0.717) is 11.4 Å². The number of nitrogens with two attached hydrogens (primary N) is 1. The molecule has 0 radical (unpaired) electrons. The summed E-state index contributed by atoms with van der Waals surface area (Å²) in [4.78, 5) is 15.4. The Hall–Kier alpha value is -1.58. The second-order valence-electron chi connectivity index (χ2n) is 4.18. The first-order valence-electron chi connectivity index (χ1n) is 5.42. The fourth-order valence-corrected chi connectivity index (χ4v) is 0.952. The summed E-state index contributed by atoms with van der Waals surface area (Å²) in [5, 5.41) is 2.84. The zero-order chi connectivity index (χ0) is 12.8. The lowest BCUT2D eigenvalue weighted by Crippen LogP contribution is -2.40. The van der Waals surface area contributed by atoms with Crippen LogP contribution >= 0.6 is 0 Å². The van der Waals surface area contributed by atoms with Gasteiger partial charge >= 0.3 is 0 Å². The number of anilines is 1. The van der Waals surface area contributed by atoms with Crippen LogP contribution < -0.4 is 11.1 Å². The molecule has 1 aromatic heterocycles. The smallest absolute Gasteiger partial charge is 0.253 e. The van der Waals surface area contributed by atoms with Crippen LogP contribution in [-0.2, 0) is 0 Å². The van der Waals surface area contributed by atoms with Crippen LogP contribution in [0.25, 0.3) is 0 Å². The lowest BCUT2D eigenvalue weighted by atomic mass is 10.1. The van der Waals surface area contributed by atoms with E-state index in [1.807, 2.05) is 34.6 Å². The van der Waals surface area contributed by atoms with Crippen molar-refractivity contribution in [1.82, 2.24) is 10.3 Å². The number of rotatable bonds is 1. The van der Waals surface area contributed by atoms with Crippen LogP contribution in [0, 0.1) is 0 Å². The van der Waals surface area contributed by atoms with Gasteiger partial charge in [0, 0.05) is 11.7 Å². The molecule has 0 unspecified atom stereocenters. The molecule has 0 bridgehead atoms. The molecule has 0 saturated heterocycles. The molecule has 0 atom stereocenters. The molecule has 1 aromatic rings. The monoisotopic (exact) mass is 223 g/mol. The Morgan fingerprint density at radius 3 is 2.25 bits per heavy atom. The minimum absolute atomic E-state index is 0.134. The van der Waals surface area contributed by atoms with Crippen LogP contribution in [0.1, 0.15) is 45.0 Å². The number of nitrogens with one attached hydrogen (secondary N) is 1. The van der Waals surface area contributed by atoms with Crippen molar-refractivity contribution in [3.8, 4) is 0 Å². The Morgan fingerprint density at radius 1 is 1.31 bits per heavy atom. The molecule has 90 valence electrons. The molecule has 1 rings (SSSR count). The molecule has 4 nitrogen and oxygen atoms in total. The number of hydrogen-bond acceptors (Lipinski definition) is 3. The van der Waals surface area contributed by atoms with Gasteiger partial charge < -0.3 is 11.1 Å². The summed E-state index contributed by atoms with van der Waals surface area (Å²) >= 11 is 0. The van der Waals surface area contributed by atoms with Gasteiger partial charge in [0.2, 0.25) is 0 Å². The maximum absolute atomic E-state index is 11.6. The van der Waals surface area contributed by atoms with Crippen LogP contribution in [0.2, 0.25) is 0 Å². The van der Waals surface area contributed by atoms with E-state index >= 15 is 0 Å². The molecule has 1 heterocycles. The predicted molar refractivity (Wildman–Crippen MR) is 67.2 cm³/mol. The van der Waals surface area contributed by atoms with Gasteiger partial charge in [-0.15, -0.1) is 0 Å². The number of nitrogen functional groups attached to an aromatic ring is 1. The van der Waals surface area contributed by atoms with Gasteiger partial charge in [0.05, 0.1) is 5.56 Å². The second kappa shape index (κ2) is 6.10. The first-order valence-corrected chi connectivity index (χ1v) is 5.42. The van der Waals surface area contributed by atoms with Crippen molar-refractivity contribution in [3.63, 3.8) is 0 Å². The lowest BCUT2D eigenvalue weighted by molar-refractivity contribution is 0.0919. The number of pyridine rings is 1. The van der Waals surface area contributed by atoms with Gasteiger partial charge in [-0.05, 0) is 32.9 Å². The third-order valence-electron chi connectivity index (χ3n) is 1.54. The number of carbonyl (C=O) groups is 1. The lowest BCUT2D eigenvalue weighted by Gasteiger charge is -2.20. The molecule has 0 spiro atoms. The SMILES string of the molecule is CC.CC(C)(C)NC(=O)c1ccc(N)nc1. The van der Waals surface area contributed by atoms with Gasteiger partial charge in [0.25, 0.3) is 5.91 Å². The predicted octanol–water partition coefficient (Wildman–Crippen LogP) is 2.22. The third kappa shape index (κ3) is 5.34. The Balaban J connectivity index is 0.00000106. The summed E-state index contributed by atoms with van der Waals surface area (Å²) in [7, 11) is 0. The molecule has 0 aliphatic rings. The van der Waals surface area contributed by atoms with Crippen molar-refractivity contribution >= 4 is 11.7 Å². The molecule has 0 aliphatic heterocycles. The van der Waals surface area contributed by atoms with Crippen molar-refractivity contribution in [2.45, 2.75) is 40.2 Å². The normalized spacial score (nSPS) is 10.1. The Morgan fingerprint density at radius 2 is 1.88 bits per heavy atom. The quantitative estimate of drug-likeness (QED) is 0.767. The fourth-order valence-electron chi connectivity index (χ4n) is 0.952. The Kier molecular flexibility index (Phi) is 5.50. The molecular weight excluding hydrogens is 202 g/mol. The van der Waals surface area contributed by atoms with Crippen molar-refractivity contribution in [3.05, 3.63) is 23.9 Å². The molecule has 0 saturated carbocycles. The Bertz CT molecular complexity index is 325. The van der Waals surface area contributed by atoms with E-state index in [0.717, 1.165) is 0 Å². The highest BCUT2D eigenvalue weighted by Gasteiger charge is 2.14. The number of aromatic nitrogens is 1. The standard InChI is InChI=1S/C10H15N3O.C2H6/c1-10(2,3)13-9(14)7-4-5-8(11)12-6-7;1-2/h4-6H,1-3H3,(H2,11,12)(H,13,14);1-2H3. The molecule has 0 aromatic carbocycles. The number of amides is 1. The largest absolute Gasteiger partial charge is 0.384 e. The number of nitrogens with zero attached hydrogens (tertiary/aromatic N) is 1. The fraction of sp³-hybridized carbons (Fsp3) is 0.500. The van der Waals surface area contributed by atoms with Gasteiger partial charge in [-0.2, -0.15) is 0 Å². The summed E-state index contributed by atoms with van der Waals surface area (Å²) < 4.78 is 0. The van der Waals surface area contributed by atoms with Gasteiger partial charge in [-0.1, -0.05) is 13.8 Å². The van der Waals surface area contributed by atoms with Crippen molar-refractivity contribution in [2.75, 3.05) is 5.73 Å². The first-order chi connectivity index (χ1) is 7.38. The van der Waals surface area contributed by atoms with Gasteiger partial charge in [0.15, 0.2) is 0 Å². The van der Waals surface area contributed by atoms with E-state index in [4.69, 9.17) is 5.73 Å². The maximum Gasteiger partial charge on any atom is 0.253 e. The highest BCUT2D eigenvalue weighted by Crippen LogP contribution is 2.05. The number of hydrogen-bond donors (Lipinski definition) is 2. The van der Waals surface area contributed by atoms with Crippen molar-refractivity contribution in [2.24, 2.45) is 0 Å². The molecule has 1 amide bonds. The molecule has 0 fully saturated rings. The number of carbonyl (C=O) groups excluding carboxylic acids is 1. The molecule has 4 heteroatoms. The summed E-state index contributed by atoms with van der Waals surface area (Å²) in [6.45, 7) is 9.78. The average Bonchev–Trinajstić information content (AvgIpc) is 2.19. The second-order valence-corrected chi connectivity index (χ2v) is 4.18. The van der Waals surface area contributed by atoms with Crippen LogP contribution in [-0.4, -0.2) is 16.4 Å². The van der Waals surface area contributed by atoms with Crippen molar-refractivity contribution in [1.29, 1.82) is 0 Å². The average molecular weight is 223 g/mol. The van der Waals surface area contributed by atoms with E-state index in [-0.39, 0.29) is 11.4 Å². The molecule has 16 heavy (non-hydrogen) atoms. The summed E-state index contributed by atoms with van der Waals surface area (Å²) in [6.07, 6.45) is 1.47. The minimum Gasteiger partial charge on any atom is -0.384 e. The van der Waals surface area contributed by atoms with Gasteiger partial charge in [0.1, 0.15) is 5.82 Å². The highest BCUT2D eigenvalue weighted by atomic mass is 16.1. The topological polar surface area (TPSA) is 68.0 Å². The van der Waals surface area contributed by atoms with E-state index in [1.165, 1.54) is 6.20 Å². The molecule has 0 aliphatic carbocycles. The summed E-state index contributed by atoms with van der Waals surface area (Å²) in [5.41, 5.74) is 5.70. The zero-order valence-electron chi connectivity index (χ0n) is 10.7. The van der Waals surface area contributed by atoms with Crippen LogP contribution in [0.4, 0.5) is 5.82 Å². The van der Waals surface area contributed by atoms with E-state index in [9.17, 15) is 4.79 Å². The highest BCUT2D eigenvalue weighted by molar-refractivity contribution is 5.94. The third-order valence-corrected chi connectivity index (χ3v) is 1.54. The molecular formula is C12H21N3O. The molecule has 3 N–H and O–H groups in total. The van der Waals surface area contributed by atoms with E-state index in [1.54, 1.807) is 12.1 Å². The van der Waals surface area contributed by atoms with Crippen LogP contribution in [0.3, 0.4) is 0 Å². The zero-order valence-corrected chi connectivity index (χ0v) is 10.7. The Labute approximate surface area is 97.3 Å². The van der Waals surface area contributed by atoms with Gasteiger partial charge in [-0.25, -0.2) is 4.98 Å². The van der Waals surface area contributed by atoms with E-state index in [2.05, 4.69) is 10.3 Å². The van der Waals surface area contributed by atoms with Gasteiger partial charge in [-0.3, -0.25) is 4.79 Å². The van der Waals surface area contributed by atoms with Crippen molar-refractivity contribution < 1.29 is 4.79 Å². The van der Waals surface area contributed by atoms with Crippen LogP contribution in [0.5, 0.6) is 0 Å².